The molecule has 0 bridgehead atoms. The molecule has 0 saturated carbocycles. The number of nitrogens with zero attached hydrogens (tertiary/aromatic N) is 1. The van der Waals surface area contributed by atoms with Crippen LogP contribution in [0.2, 0.25) is 0 Å². The van der Waals surface area contributed by atoms with Crippen LogP contribution in [0.15, 0.2) is 28.9 Å². The first-order valence-electron chi connectivity index (χ1n) is 6.48. The summed E-state index contributed by atoms with van der Waals surface area (Å²) >= 11 is 3.41. The fraction of sp³-hybridized carbons (Fsp3) is 0.308. The van der Waals surface area contributed by atoms with Crippen molar-refractivity contribution in [2.24, 2.45) is 0 Å². The van der Waals surface area contributed by atoms with Gasteiger partial charge in [-0.05, 0) is 18.2 Å². The van der Waals surface area contributed by atoms with Crippen molar-refractivity contribution in [2.45, 2.75) is 6.92 Å². The quantitative estimate of drug-likeness (QED) is 0.719. The molecule has 0 radical (unpaired) electrons. The maximum Gasteiger partial charge on any atom is 0.213 e. The Balaban J connectivity index is 2.22. The van der Waals surface area contributed by atoms with Crippen molar-refractivity contribution < 1.29 is 8.42 Å². The molecule has 0 amide bonds. The average Bonchev–Trinajstić information content (AvgIpc) is 2.41. The van der Waals surface area contributed by atoms with Crippen LogP contribution in [0.5, 0.6) is 0 Å². The fourth-order valence-electron chi connectivity index (χ4n) is 1.98. The van der Waals surface area contributed by atoms with E-state index in [9.17, 15) is 8.42 Å². The third kappa shape index (κ3) is 4.05. The average molecular weight is 373 g/mol. The lowest BCUT2D eigenvalue weighted by atomic mass is 10.1. The Bertz CT molecular complexity index is 744. The Hall–Kier alpha value is -1.38. The molecule has 4 N–H and O–H groups in total. The van der Waals surface area contributed by atoms with Gasteiger partial charge < -0.3 is 11.1 Å². The minimum atomic E-state index is -3.25. The molecule has 114 valence electrons. The molecule has 0 fully saturated rings. The van der Waals surface area contributed by atoms with E-state index in [1.807, 2.05) is 18.2 Å². The maximum absolute atomic E-state index is 11.6. The van der Waals surface area contributed by atoms with Gasteiger partial charge in [-0.1, -0.05) is 22.9 Å². The SMILES string of the molecule is CCNS(=O)(=O)CCNc1c(N)cnc2ccc(Br)cc12. The maximum atomic E-state index is 11.6. The van der Waals surface area contributed by atoms with Crippen molar-refractivity contribution in [3.63, 3.8) is 0 Å². The van der Waals surface area contributed by atoms with Gasteiger partial charge in [0.05, 0.1) is 28.8 Å². The van der Waals surface area contributed by atoms with Crippen molar-refractivity contribution in [1.82, 2.24) is 9.71 Å². The van der Waals surface area contributed by atoms with Crippen molar-refractivity contribution in [2.75, 3.05) is 29.9 Å². The summed E-state index contributed by atoms with van der Waals surface area (Å²) in [5.41, 5.74) is 7.92. The second kappa shape index (κ2) is 6.59. The van der Waals surface area contributed by atoms with Gasteiger partial charge in [-0.15, -0.1) is 0 Å². The highest BCUT2D eigenvalue weighted by Gasteiger charge is 2.10. The molecule has 2 rings (SSSR count). The fourth-order valence-corrected chi connectivity index (χ4v) is 3.30. The second-order valence-corrected chi connectivity index (χ2v) is 7.34. The van der Waals surface area contributed by atoms with E-state index in [1.165, 1.54) is 0 Å². The largest absolute Gasteiger partial charge is 0.396 e. The number of aromatic nitrogens is 1. The smallest absolute Gasteiger partial charge is 0.213 e. The van der Waals surface area contributed by atoms with Gasteiger partial charge in [-0.3, -0.25) is 4.98 Å². The summed E-state index contributed by atoms with van der Waals surface area (Å²) in [6.45, 7) is 2.40. The zero-order valence-electron chi connectivity index (χ0n) is 11.6. The molecular weight excluding hydrogens is 356 g/mol. The topological polar surface area (TPSA) is 97.1 Å². The van der Waals surface area contributed by atoms with Crippen LogP contribution in [-0.4, -0.2) is 32.2 Å². The van der Waals surface area contributed by atoms with Crippen molar-refractivity contribution in [3.05, 3.63) is 28.9 Å². The van der Waals surface area contributed by atoms with Crippen molar-refractivity contribution >= 4 is 48.2 Å². The standard InChI is InChI=1S/C13H17BrN4O2S/c1-2-18-21(19,20)6-5-16-13-10-7-9(14)3-4-12(10)17-8-11(13)15/h3-4,7-8,18H,2,5-6,15H2,1H3,(H,16,17). The number of halogens is 1. The molecule has 0 saturated heterocycles. The molecule has 0 spiro atoms. The van der Waals surface area contributed by atoms with E-state index >= 15 is 0 Å². The van der Waals surface area contributed by atoms with E-state index in [-0.39, 0.29) is 12.3 Å². The molecule has 1 aromatic heterocycles. The number of fused-ring (bicyclic) bond motifs is 1. The predicted molar refractivity (Wildman–Crippen MR) is 89.8 cm³/mol. The number of nitrogens with two attached hydrogens (primary N) is 1. The first-order valence-corrected chi connectivity index (χ1v) is 8.92. The Morgan fingerprint density at radius 1 is 1.38 bits per heavy atom. The highest BCUT2D eigenvalue weighted by atomic mass is 79.9. The van der Waals surface area contributed by atoms with Gasteiger partial charge in [0.1, 0.15) is 0 Å². The number of hydrogen-bond acceptors (Lipinski definition) is 5. The number of nitrogen functional groups attached to an aromatic ring is 1. The van der Waals surface area contributed by atoms with E-state index < -0.39 is 10.0 Å². The lowest BCUT2D eigenvalue weighted by Crippen LogP contribution is -2.29. The van der Waals surface area contributed by atoms with Crippen LogP contribution in [0.3, 0.4) is 0 Å². The summed E-state index contributed by atoms with van der Waals surface area (Å²) in [5.74, 6) is -0.0158. The molecule has 6 nitrogen and oxygen atoms in total. The molecule has 8 heteroatoms. The summed E-state index contributed by atoms with van der Waals surface area (Å²) in [6.07, 6.45) is 1.57. The summed E-state index contributed by atoms with van der Waals surface area (Å²) in [6, 6.07) is 5.67. The van der Waals surface area contributed by atoms with Gasteiger partial charge in [-0.2, -0.15) is 0 Å². The van der Waals surface area contributed by atoms with Crippen LogP contribution in [0, 0.1) is 0 Å². The summed E-state index contributed by atoms with van der Waals surface area (Å²) in [4.78, 5) is 4.25. The Labute approximate surface area is 132 Å². The molecule has 0 aliphatic heterocycles. The second-order valence-electron chi connectivity index (χ2n) is 4.49. The summed E-state index contributed by atoms with van der Waals surface area (Å²) in [7, 11) is -3.25. The third-order valence-electron chi connectivity index (χ3n) is 2.90. The first-order chi connectivity index (χ1) is 9.93. The van der Waals surface area contributed by atoms with Crippen molar-refractivity contribution in [3.8, 4) is 0 Å². The molecule has 2 aromatic rings. The summed E-state index contributed by atoms with van der Waals surface area (Å²) < 4.78 is 26.6. The normalized spacial score (nSPS) is 11.7. The lowest BCUT2D eigenvalue weighted by molar-refractivity contribution is 0.584. The van der Waals surface area contributed by atoms with E-state index in [4.69, 9.17) is 5.73 Å². The molecular formula is C13H17BrN4O2S. The van der Waals surface area contributed by atoms with Crippen LogP contribution in [-0.2, 0) is 10.0 Å². The van der Waals surface area contributed by atoms with Gasteiger partial charge in [0.25, 0.3) is 0 Å². The van der Waals surface area contributed by atoms with Gasteiger partial charge in [-0.25, -0.2) is 13.1 Å². The van der Waals surface area contributed by atoms with E-state index in [2.05, 4.69) is 31.0 Å². The van der Waals surface area contributed by atoms with E-state index in [0.717, 1.165) is 15.4 Å². The number of sulfonamides is 1. The van der Waals surface area contributed by atoms with Crippen molar-refractivity contribution in [1.29, 1.82) is 0 Å². The van der Waals surface area contributed by atoms with Crippen LogP contribution in [0.4, 0.5) is 11.4 Å². The third-order valence-corrected chi connectivity index (χ3v) is 4.86. The molecule has 0 aliphatic rings. The van der Waals surface area contributed by atoms with Gasteiger partial charge in [0, 0.05) is 22.9 Å². The van der Waals surface area contributed by atoms with Gasteiger partial charge in [0.15, 0.2) is 0 Å². The Morgan fingerprint density at radius 3 is 2.86 bits per heavy atom. The van der Waals surface area contributed by atoms with Gasteiger partial charge in [0.2, 0.25) is 10.0 Å². The number of nitrogens with one attached hydrogen (secondary N) is 2. The zero-order chi connectivity index (χ0) is 15.5. The summed E-state index contributed by atoms with van der Waals surface area (Å²) in [5, 5.41) is 3.94. The van der Waals surface area contributed by atoms with E-state index in [1.54, 1.807) is 13.1 Å². The Kier molecular flexibility index (Phi) is 5.02. The molecule has 1 heterocycles. The zero-order valence-corrected chi connectivity index (χ0v) is 14.0. The Morgan fingerprint density at radius 2 is 2.14 bits per heavy atom. The molecule has 21 heavy (non-hydrogen) atoms. The molecule has 1 aromatic carbocycles. The van der Waals surface area contributed by atoms with Crippen LogP contribution < -0.4 is 15.8 Å². The van der Waals surface area contributed by atoms with Gasteiger partial charge >= 0.3 is 0 Å². The lowest BCUT2D eigenvalue weighted by Gasteiger charge is -2.12. The minimum Gasteiger partial charge on any atom is -0.396 e. The van der Waals surface area contributed by atoms with Crippen LogP contribution in [0.1, 0.15) is 6.92 Å². The monoisotopic (exact) mass is 372 g/mol. The first kappa shape index (κ1) is 16.0. The highest BCUT2D eigenvalue weighted by molar-refractivity contribution is 9.10. The van der Waals surface area contributed by atoms with Crippen LogP contribution >= 0.6 is 15.9 Å². The highest BCUT2D eigenvalue weighted by Crippen LogP contribution is 2.29. The molecule has 0 atom stereocenters. The number of benzene rings is 1. The minimum absolute atomic E-state index is 0.0158. The predicted octanol–water partition coefficient (Wildman–Crippen LogP) is 1.93. The van der Waals surface area contributed by atoms with E-state index in [0.29, 0.717) is 17.9 Å². The molecule has 0 unspecified atom stereocenters. The van der Waals surface area contributed by atoms with Crippen LogP contribution in [0.25, 0.3) is 10.9 Å². The number of hydrogen-bond donors (Lipinski definition) is 3. The number of anilines is 2. The number of pyridine rings is 1. The molecule has 0 aliphatic carbocycles. The number of rotatable bonds is 6.